The van der Waals surface area contributed by atoms with Crippen LogP contribution in [0, 0.1) is 0 Å². The molecule has 0 radical (unpaired) electrons. The molecule has 0 aliphatic carbocycles. The zero-order valence-corrected chi connectivity index (χ0v) is 7.72. The fourth-order valence-corrected chi connectivity index (χ4v) is 2.10. The number of hydrogen-bond donors (Lipinski definition) is 2. The number of aliphatic hydroxyl groups excluding tert-OH is 2. The predicted octanol–water partition coefficient (Wildman–Crippen LogP) is -0.326. The van der Waals surface area contributed by atoms with Gasteiger partial charge < -0.3 is 19.7 Å². The minimum absolute atomic E-state index is 0.157. The molecule has 76 valence electrons. The summed E-state index contributed by atoms with van der Waals surface area (Å²) in [6, 6.07) is 0. The Balaban J connectivity index is 2.00. The monoisotopic (exact) mass is 188 g/mol. The molecule has 0 bridgehead atoms. The number of hydrogen-bond acceptors (Lipinski definition) is 4. The second-order valence-electron chi connectivity index (χ2n) is 3.78. The maximum Gasteiger partial charge on any atom is 0.115 e. The van der Waals surface area contributed by atoms with Crippen LogP contribution in [-0.4, -0.2) is 47.3 Å². The van der Waals surface area contributed by atoms with E-state index in [1.54, 1.807) is 0 Å². The molecule has 2 saturated heterocycles. The average Bonchev–Trinajstić information content (AvgIpc) is 2.59. The number of ether oxygens (including phenoxy) is 2. The van der Waals surface area contributed by atoms with E-state index in [4.69, 9.17) is 9.47 Å². The highest BCUT2D eigenvalue weighted by Crippen LogP contribution is 2.32. The summed E-state index contributed by atoms with van der Waals surface area (Å²) in [5.41, 5.74) is 0. The molecular weight excluding hydrogens is 172 g/mol. The highest BCUT2D eigenvalue weighted by Gasteiger charge is 2.50. The van der Waals surface area contributed by atoms with Crippen LogP contribution in [0.25, 0.3) is 0 Å². The Morgan fingerprint density at radius 3 is 2.69 bits per heavy atom. The molecule has 2 N–H and O–H groups in total. The molecular formula is C9H16O4. The highest BCUT2D eigenvalue weighted by atomic mass is 16.6. The lowest BCUT2D eigenvalue weighted by Gasteiger charge is -2.16. The van der Waals surface area contributed by atoms with E-state index in [0.717, 1.165) is 12.8 Å². The molecule has 0 aromatic carbocycles. The van der Waals surface area contributed by atoms with Crippen molar-refractivity contribution in [2.75, 3.05) is 6.61 Å². The molecule has 0 amide bonds. The van der Waals surface area contributed by atoms with Crippen LogP contribution in [0.5, 0.6) is 0 Å². The van der Waals surface area contributed by atoms with Crippen LogP contribution in [0.4, 0.5) is 0 Å². The normalized spacial score (nSPS) is 49.6. The van der Waals surface area contributed by atoms with E-state index in [0.29, 0.717) is 0 Å². The Bertz CT molecular complexity index is 184. The summed E-state index contributed by atoms with van der Waals surface area (Å²) in [7, 11) is 0. The largest absolute Gasteiger partial charge is 0.388 e. The van der Waals surface area contributed by atoms with Gasteiger partial charge in [0.25, 0.3) is 0 Å². The van der Waals surface area contributed by atoms with Crippen molar-refractivity contribution in [2.45, 2.75) is 50.3 Å². The van der Waals surface area contributed by atoms with Crippen LogP contribution in [0.1, 0.15) is 19.8 Å². The van der Waals surface area contributed by atoms with Crippen molar-refractivity contribution in [2.24, 2.45) is 0 Å². The fraction of sp³-hybridized carbons (Fsp3) is 1.00. The van der Waals surface area contributed by atoms with Gasteiger partial charge in [-0.25, -0.2) is 0 Å². The van der Waals surface area contributed by atoms with Crippen molar-refractivity contribution in [3.63, 3.8) is 0 Å². The summed E-state index contributed by atoms with van der Waals surface area (Å²) in [5.74, 6) is 0. The molecule has 2 aliphatic heterocycles. The van der Waals surface area contributed by atoms with Gasteiger partial charge in [-0.1, -0.05) is 13.3 Å². The van der Waals surface area contributed by atoms with Crippen LogP contribution < -0.4 is 0 Å². The smallest absolute Gasteiger partial charge is 0.115 e. The van der Waals surface area contributed by atoms with Crippen LogP contribution in [-0.2, 0) is 9.47 Å². The Kier molecular flexibility index (Phi) is 2.55. The van der Waals surface area contributed by atoms with Crippen molar-refractivity contribution < 1.29 is 19.7 Å². The summed E-state index contributed by atoms with van der Waals surface area (Å²) in [4.78, 5) is 0. The van der Waals surface area contributed by atoms with Gasteiger partial charge in [0, 0.05) is 0 Å². The standard InChI is InChI=1S/C9H16O4/c1-2-3-6-7(11)9-8(13-6)5(10)4-12-9/h5-11H,2-4H2,1H3/t5-,6?,7+,8+,9+/m0/s1. The van der Waals surface area contributed by atoms with E-state index >= 15 is 0 Å². The lowest BCUT2D eigenvalue weighted by molar-refractivity contribution is -0.0476. The van der Waals surface area contributed by atoms with Crippen LogP contribution in [0.3, 0.4) is 0 Å². The minimum Gasteiger partial charge on any atom is -0.388 e. The second kappa shape index (κ2) is 3.53. The van der Waals surface area contributed by atoms with Gasteiger partial charge in [-0.05, 0) is 6.42 Å². The summed E-state index contributed by atoms with van der Waals surface area (Å²) in [6.45, 7) is 2.33. The Labute approximate surface area is 77.5 Å². The molecule has 13 heavy (non-hydrogen) atoms. The van der Waals surface area contributed by atoms with E-state index in [1.807, 2.05) is 6.92 Å². The van der Waals surface area contributed by atoms with Gasteiger partial charge in [-0.3, -0.25) is 0 Å². The summed E-state index contributed by atoms with van der Waals surface area (Å²) >= 11 is 0. The second-order valence-corrected chi connectivity index (χ2v) is 3.78. The number of fused-ring (bicyclic) bond motifs is 1. The van der Waals surface area contributed by atoms with Gasteiger partial charge in [0.05, 0.1) is 12.7 Å². The lowest BCUT2D eigenvalue weighted by Crippen LogP contribution is -2.32. The average molecular weight is 188 g/mol. The van der Waals surface area contributed by atoms with Crippen molar-refractivity contribution in [1.29, 1.82) is 0 Å². The fourth-order valence-electron chi connectivity index (χ4n) is 2.10. The first-order valence-electron chi connectivity index (χ1n) is 4.87. The zero-order valence-electron chi connectivity index (χ0n) is 7.72. The maximum atomic E-state index is 9.75. The number of aliphatic hydroxyl groups is 2. The molecule has 1 unspecified atom stereocenters. The van der Waals surface area contributed by atoms with Crippen molar-refractivity contribution >= 4 is 0 Å². The molecule has 4 nitrogen and oxygen atoms in total. The quantitative estimate of drug-likeness (QED) is 0.623. The van der Waals surface area contributed by atoms with E-state index in [9.17, 15) is 10.2 Å². The molecule has 0 spiro atoms. The van der Waals surface area contributed by atoms with Gasteiger partial charge in [0.1, 0.15) is 24.4 Å². The van der Waals surface area contributed by atoms with E-state index in [-0.39, 0.29) is 24.9 Å². The maximum absolute atomic E-state index is 9.75. The highest BCUT2D eigenvalue weighted by molar-refractivity contribution is 4.98. The predicted molar refractivity (Wildman–Crippen MR) is 45.3 cm³/mol. The molecule has 0 aromatic heterocycles. The Morgan fingerprint density at radius 2 is 2.08 bits per heavy atom. The first kappa shape index (κ1) is 9.40. The van der Waals surface area contributed by atoms with Gasteiger partial charge in [-0.2, -0.15) is 0 Å². The number of rotatable bonds is 2. The van der Waals surface area contributed by atoms with Crippen molar-refractivity contribution in [1.82, 2.24) is 0 Å². The van der Waals surface area contributed by atoms with Crippen LogP contribution >= 0.6 is 0 Å². The van der Waals surface area contributed by atoms with E-state index in [1.165, 1.54) is 0 Å². The minimum atomic E-state index is -0.568. The van der Waals surface area contributed by atoms with Crippen LogP contribution in [0.2, 0.25) is 0 Å². The third kappa shape index (κ3) is 1.48. The zero-order chi connectivity index (χ0) is 9.42. The third-order valence-corrected chi connectivity index (χ3v) is 2.79. The first-order chi connectivity index (χ1) is 6.24. The SMILES string of the molecule is CCCC1O[C@H]2[C@H](OC[C@@H]2O)[C@@H]1O. The summed E-state index contributed by atoms with van der Waals surface area (Å²) in [5, 5.41) is 19.2. The van der Waals surface area contributed by atoms with Gasteiger partial charge in [0.15, 0.2) is 0 Å². The summed E-state index contributed by atoms with van der Waals surface area (Å²) in [6.07, 6.45) is -0.127. The molecule has 5 atom stereocenters. The van der Waals surface area contributed by atoms with E-state index in [2.05, 4.69) is 0 Å². The van der Waals surface area contributed by atoms with Crippen molar-refractivity contribution in [3.05, 3.63) is 0 Å². The molecule has 2 heterocycles. The van der Waals surface area contributed by atoms with Gasteiger partial charge >= 0.3 is 0 Å². The van der Waals surface area contributed by atoms with Gasteiger partial charge in [0.2, 0.25) is 0 Å². The molecule has 0 saturated carbocycles. The van der Waals surface area contributed by atoms with Crippen molar-refractivity contribution in [3.8, 4) is 0 Å². The molecule has 2 aliphatic rings. The summed E-state index contributed by atoms with van der Waals surface area (Å²) < 4.78 is 10.8. The Hall–Kier alpha value is -0.160. The topological polar surface area (TPSA) is 58.9 Å². The molecule has 0 aromatic rings. The van der Waals surface area contributed by atoms with Crippen LogP contribution in [0.15, 0.2) is 0 Å². The van der Waals surface area contributed by atoms with Gasteiger partial charge in [-0.15, -0.1) is 0 Å². The Morgan fingerprint density at radius 1 is 1.31 bits per heavy atom. The first-order valence-corrected chi connectivity index (χ1v) is 4.87. The third-order valence-electron chi connectivity index (χ3n) is 2.79. The molecule has 2 fully saturated rings. The lowest BCUT2D eigenvalue weighted by atomic mass is 10.0. The molecule has 4 heteroatoms. The molecule has 2 rings (SSSR count). The van der Waals surface area contributed by atoms with E-state index < -0.39 is 12.2 Å².